The Labute approximate surface area is 102 Å². The van der Waals surface area contributed by atoms with Crippen molar-refractivity contribution in [2.75, 3.05) is 7.11 Å². The summed E-state index contributed by atoms with van der Waals surface area (Å²) < 4.78 is 36.8. The van der Waals surface area contributed by atoms with Crippen LogP contribution >= 0.6 is 0 Å². The summed E-state index contributed by atoms with van der Waals surface area (Å²) in [6.07, 6.45) is 0.620. The van der Waals surface area contributed by atoms with E-state index in [9.17, 15) is 13.6 Å². The Bertz CT molecular complexity index is 576. The molecule has 0 aliphatic rings. The molecule has 0 amide bonds. The van der Waals surface area contributed by atoms with Gasteiger partial charge in [0.1, 0.15) is 11.6 Å². The number of furan rings is 1. The first kappa shape index (κ1) is 12.3. The van der Waals surface area contributed by atoms with Crippen LogP contribution in [0.3, 0.4) is 0 Å². The Morgan fingerprint density at radius 2 is 2.06 bits per heavy atom. The molecule has 0 fully saturated rings. The minimum atomic E-state index is -0.643. The molecule has 18 heavy (non-hydrogen) atoms. The average molecular weight is 252 g/mol. The second-order valence-corrected chi connectivity index (χ2v) is 3.68. The smallest absolute Gasteiger partial charge is 0.185 e. The maximum absolute atomic E-state index is 13.6. The van der Waals surface area contributed by atoms with E-state index in [2.05, 4.69) is 4.74 Å². The summed E-state index contributed by atoms with van der Waals surface area (Å²) in [7, 11) is 1.26. The number of rotatable bonds is 4. The second kappa shape index (κ2) is 5.00. The number of ether oxygens (including phenoxy) is 1. The number of carbonyl (C=O) groups excluding carboxylic acids is 1. The second-order valence-electron chi connectivity index (χ2n) is 3.68. The molecule has 1 aromatic carbocycles. The lowest BCUT2D eigenvalue weighted by Crippen LogP contribution is -1.96. The van der Waals surface area contributed by atoms with Crippen LogP contribution in [0.15, 0.2) is 28.7 Å². The zero-order valence-corrected chi connectivity index (χ0v) is 9.57. The molecule has 0 atom stereocenters. The summed E-state index contributed by atoms with van der Waals surface area (Å²) in [4.78, 5) is 10.4. The Hall–Kier alpha value is -2.17. The highest BCUT2D eigenvalue weighted by atomic mass is 19.1. The van der Waals surface area contributed by atoms with Crippen molar-refractivity contribution in [1.82, 2.24) is 0 Å². The molecule has 0 N–H and O–H groups in total. The summed E-state index contributed by atoms with van der Waals surface area (Å²) in [6.45, 7) is 0. The third-order valence-corrected chi connectivity index (χ3v) is 2.48. The zero-order chi connectivity index (χ0) is 13.1. The van der Waals surface area contributed by atoms with Crippen LogP contribution in [0.1, 0.15) is 21.9 Å². The van der Waals surface area contributed by atoms with Crippen LogP contribution < -0.4 is 4.74 Å². The highest BCUT2D eigenvalue weighted by Crippen LogP contribution is 2.23. The molecule has 0 bridgehead atoms. The molecule has 1 heterocycles. The van der Waals surface area contributed by atoms with Gasteiger partial charge in [0.25, 0.3) is 0 Å². The van der Waals surface area contributed by atoms with Crippen molar-refractivity contribution in [1.29, 1.82) is 0 Å². The SMILES string of the molecule is COc1cc(F)c(Cc2ccc(C=O)o2)cc1F. The lowest BCUT2D eigenvalue weighted by molar-refractivity contribution is 0.109. The minimum absolute atomic E-state index is 0.0700. The largest absolute Gasteiger partial charge is 0.494 e. The van der Waals surface area contributed by atoms with Gasteiger partial charge in [-0.3, -0.25) is 4.79 Å². The number of aldehydes is 1. The minimum Gasteiger partial charge on any atom is -0.494 e. The molecular weight excluding hydrogens is 242 g/mol. The van der Waals surface area contributed by atoms with Crippen LogP contribution in [0.5, 0.6) is 5.75 Å². The highest BCUT2D eigenvalue weighted by molar-refractivity contribution is 5.70. The van der Waals surface area contributed by atoms with Gasteiger partial charge in [0.15, 0.2) is 23.6 Å². The van der Waals surface area contributed by atoms with Gasteiger partial charge >= 0.3 is 0 Å². The average Bonchev–Trinajstić information content (AvgIpc) is 2.81. The number of methoxy groups -OCH3 is 1. The quantitative estimate of drug-likeness (QED) is 0.785. The molecule has 0 radical (unpaired) electrons. The summed E-state index contributed by atoms with van der Waals surface area (Å²) in [6, 6.07) is 5.05. The predicted octanol–water partition coefficient (Wildman–Crippen LogP) is 2.97. The molecule has 0 unspecified atom stereocenters. The van der Waals surface area contributed by atoms with E-state index < -0.39 is 11.6 Å². The Morgan fingerprint density at radius 1 is 1.28 bits per heavy atom. The molecule has 94 valence electrons. The maximum Gasteiger partial charge on any atom is 0.185 e. The molecule has 2 rings (SSSR count). The number of halogens is 2. The summed E-state index contributed by atoms with van der Waals surface area (Å²) in [5.74, 6) is -0.836. The van der Waals surface area contributed by atoms with E-state index in [4.69, 9.17) is 4.42 Å². The van der Waals surface area contributed by atoms with Gasteiger partial charge in [0, 0.05) is 12.5 Å². The first-order chi connectivity index (χ1) is 8.63. The van der Waals surface area contributed by atoms with Crippen molar-refractivity contribution in [2.24, 2.45) is 0 Å². The Balaban J connectivity index is 2.28. The molecule has 0 saturated heterocycles. The fraction of sp³-hybridized carbons (Fsp3) is 0.154. The lowest BCUT2D eigenvalue weighted by atomic mass is 10.1. The van der Waals surface area contributed by atoms with Crippen LogP contribution in [-0.4, -0.2) is 13.4 Å². The lowest BCUT2D eigenvalue weighted by Gasteiger charge is -2.05. The normalized spacial score (nSPS) is 10.4. The molecule has 0 spiro atoms. The topological polar surface area (TPSA) is 39.4 Å². The molecule has 0 aliphatic heterocycles. The van der Waals surface area contributed by atoms with Crippen molar-refractivity contribution in [3.8, 4) is 5.75 Å². The van der Waals surface area contributed by atoms with Gasteiger partial charge in [-0.05, 0) is 23.8 Å². The number of hydrogen-bond acceptors (Lipinski definition) is 3. The van der Waals surface area contributed by atoms with Crippen LogP contribution in [0, 0.1) is 11.6 Å². The molecule has 2 aromatic rings. The van der Waals surface area contributed by atoms with E-state index in [1.165, 1.54) is 13.2 Å². The van der Waals surface area contributed by atoms with E-state index in [0.29, 0.717) is 12.0 Å². The van der Waals surface area contributed by atoms with E-state index in [1.54, 1.807) is 6.07 Å². The van der Waals surface area contributed by atoms with E-state index in [0.717, 1.165) is 12.1 Å². The van der Waals surface area contributed by atoms with E-state index in [-0.39, 0.29) is 23.5 Å². The number of hydrogen-bond donors (Lipinski definition) is 0. The van der Waals surface area contributed by atoms with Gasteiger partial charge in [-0.15, -0.1) is 0 Å². The maximum atomic E-state index is 13.6. The van der Waals surface area contributed by atoms with Gasteiger partial charge in [0.05, 0.1) is 7.11 Å². The standard InChI is InChI=1S/C13H10F2O3/c1-17-13-6-11(14)8(5-12(13)15)4-9-2-3-10(7-16)18-9/h2-3,5-7H,4H2,1H3. The van der Waals surface area contributed by atoms with Crippen molar-refractivity contribution >= 4 is 6.29 Å². The summed E-state index contributed by atoms with van der Waals surface area (Å²) in [5, 5.41) is 0. The number of benzene rings is 1. The Morgan fingerprint density at radius 3 is 2.67 bits per heavy atom. The van der Waals surface area contributed by atoms with Crippen molar-refractivity contribution < 1.29 is 22.7 Å². The van der Waals surface area contributed by atoms with Crippen LogP contribution in [-0.2, 0) is 6.42 Å². The molecule has 0 aliphatic carbocycles. The van der Waals surface area contributed by atoms with Crippen LogP contribution in [0.2, 0.25) is 0 Å². The molecular formula is C13H10F2O3. The van der Waals surface area contributed by atoms with Crippen molar-refractivity contribution in [2.45, 2.75) is 6.42 Å². The van der Waals surface area contributed by atoms with Crippen LogP contribution in [0.25, 0.3) is 0 Å². The monoisotopic (exact) mass is 252 g/mol. The highest BCUT2D eigenvalue weighted by Gasteiger charge is 2.12. The summed E-state index contributed by atoms with van der Waals surface area (Å²) >= 11 is 0. The zero-order valence-electron chi connectivity index (χ0n) is 9.57. The third kappa shape index (κ3) is 2.40. The molecule has 5 heteroatoms. The fourth-order valence-electron chi connectivity index (χ4n) is 1.60. The van der Waals surface area contributed by atoms with Gasteiger partial charge in [-0.25, -0.2) is 8.78 Å². The van der Waals surface area contributed by atoms with Gasteiger partial charge in [-0.2, -0.15) is 0 Å². The predicted molar refractivity (Wildman–Crippen MR) is 59.8 cm³/mol. The van der Waals surface area contributed by atoms with Crippen LogP contribution in [0.4, 0.5) is 8.78 Å². The van der Waals surface area contributed by atoms with E-state index in [1.807, 2.05) is 0 Å². The third-order valence-electron chi connectivity index (χ3n) is 2.48. The molecule has 3 nitrogen and oxygen atoms in total. The molecule has 1 aromatic heterocycles. The van der Waals surface area contributed by atoms with Crippen molar-refractivity contribution in [3.05, 3.63) is 53.0 Å². The first-order valence-corrected chi connectivity index (χ1v) is 5.20. The first-order valence-electron chi connectivity index (χ1n) is 5.20. The number of carbonyl (C=O) groups is 1. The van der Waals surface area contributed by atoms with E-state index >= 15 is 0 Å². The van der Waals surface area contributed by atoms with Gasteiger partial charge in [0.2, 0.25) is 0 Å². The Kier molecular flexibility index (Phi) is 3.41. The molecule has 0 saturated carbocycles. The fourth-order valence-corrected chi connectivity index (χ4v) is 1.60. The summed E-state index contributed by atoms with van der Waals surface area (Å²) in [5.41, 5.74) is 0.139. The van der Waals surface area contributed by atoms with Crippen molar-refractivity contribution in [3.63, 3.8) is 0 Å². The van der Waals surface area contributed by atoms with Gasteiger partial charge in [-0.1, -0.05) is 0 Å². The van der Waals surface area contributed by atoms with Gasteiger partial charge < -0.3 is 9.15 Å².